The van der Waals surface area contributed by atoms with Gasteiger partial charge in [0.25, 0.3) is 5.91 Å². The number of carbonyl (C=O) groups excluding carboxylic acids is 3. The Hall–Kier alpha value is -1.93. The number of nitrogens with one attached hydrogen (secondary N) is 2. The summed E-state index contributed by atoms with van der Waals surface area (Å²) >= 11 is 3.32. The number of fused-ring (bicyclic) bond motifs is 1. The summed E-state index contributed by atoms with van der Waals surface area (Å²) in [5.74, 6) is -0.852. The molecule has 2 aliphatic heterocycles. The third kappa shape index (κ3) is 3.16. The van der Waals surface area contributed by atoms with Crippen molar-refractivity contribution in [3.63, 3.8) is 0 Å². The highest BCUT2D eigenvalue weighted by Gasteiger charge is 2.47. The van der Waals surface area contributed by atoms with Crippen LogP contribution in [-0.2, 0) is 9.59 Å². The normalized spacial score (nSPS) is 27.5. The molecule has 0 radical (unpaired) electrons. The third-order valence-corrected chi connectivity index (χ3v) is 4.85. The Bertz CT molecular complexity index is 694. The maximum absolute atomic E-state index is 12.4. The summed E-state index contributed by atoms with van der Waals surface area (Å²) in [6.45, 7) is 1.73. The highest BCUT2D eigenvalue weighted by atomic mass is 79.9. The number of rotatable bonds is 3. The number of hydrogen-bond acceptors (Lipinski definition) is 4. The van der Waals surface area contributed by atoms with Gasteiger partial charge in [0, 0.05) is 22.6 Å². The molecule has 4 atom stereocenters. The maximum Gasteiger partial charge on any atom is 0.251 e. The standard InChI is InChI=1S/C16H18BrN3O4/c1-8(21)13-16(24)20-7-11(6-12(20)15(23)19-13)18-14(22)9-3-2-4-10(17)5-9/h2-5,8,11-13,21H,6-7H2,1H3,(H,18,22)(H,19,23)/t8-,11-,12-,13+/m0/s1. The highest BCUT2D eigenvalue weighted by molar-refractivity contribution is 9.10. The number of aliphatic hydroxyl groups is 1. The summed E-state index contributed by atoms with van der Waals surface area (Å²) in [6.07, 6.45) is -0.596. The van der Waals surface area contributed by atoms with E-state index in [0.29, 0.717) is 12.0 Å². The van der Waals surface area contributed by atoms with E-state index in [9.17, 15) is 19.5 Å². The van der Waals surface area contributed by atoms with Gasteiger partial charge < -0.3 is 20.6 Å². The Balaban J connectivity index is 1.69. The minimum Gasteiger partial charge on any atom is -0.391 e. The predicted molar refractivity (Wildman–Crippen MR) is 89.1 cm³/mol. The van der Waals surface area contributed by atoms with Crippen molar-refractivity contribution in [1.82, 2.24) is 15.5 Å². The van der Waals surface area contributed by atoms with Crippen LogP contribution in [0.25, 0.3) is 0 Å². The summed E-state index contributed by atoms with van der Waals surface area (Å²) in [4.78, 5) is 38.3. The molecule has 2 fully saturated rings. The molecular formula is C16H18BrN3O4. The van der Waals surface area contributed by atoms with Crippen molar-refractivity contribution < 1.29 is 19.5 Å². The van der Waals surface area contributed by atoms with Gasteiger partial charge >= 0.3 is 0 Å². The summed E-state index contributed by atoms with van der Waals surface area (Å²) in [7, 11) is 0. The summed E-state index contributed by atoms with van der Waals surface area (Å²) in [6, 6.07) is 5.17. The van der Waals surface area contributed by atoms with Gasteiger partial charge in [0.2, 0.25) is 11.8 Å². The Kier molecular flexibility index (Phi) is 4.60. The van der Waals surface area contributed by atoms with Crippen LogP contribution in [0.4, 0.5) is 0 Å². The lowest BCUT2D eigenvalue weighted by molar-refractivity contribution is -0.149. The van der Waals surface area contributed by atoms with Crippen molar-refractivity contribution in [2.24, 2.45) is 0 Å². The van der Waals surface area contributed by atoms with E-state index in [1.165, 1.54) is 11.8 Å². The van der Waals surface area contributed by atoms with Crippen LogP contribution in [0, 0.1) is 0 Å². The molecule has 0 aromatic heterocycles. The van der Waals surface area contributed by atoms with Crippen LogP contribution < -0.4 is 10.6 Å². The fourth-order valence-corrected chi connectivity index (χ4v) is 3.55. The van der Waals surface area contributed by atoms with Gasteiger partial charge in [0.15, 0.2) is 0 Å². The van der Waals surface area contributed by atoms with E-state index in [0.717, 1.165) is 4.47 Å². The second-order valence-corrected chi connectivity index (χ2v) is 7.07. The number of nitrogens with zero attached hydrogens (tertiary/aromatic N) is 1. The Morgan fingerprint density at radius 3 is 2.88 bits per heavy atom. The van der Waals surface area contributed by atoms with Gasteiger partial charge in [-0.15, -0.1) is 0 Å². The number of carbonyl (C=O) groups is 3. The van der Waals surface area contributed by atoms with Crippen LogP contribution in [0.1, 0.15) is 23.7 Å². The predicted octanol–water partition coefficient (Wildman–Crippen LogP) is 0.0276. The van der Waals surface area contributed by atoms with Crippen molar-refractivity contribution in [3.05, 3.63) is 34.3 Å². The van der Waals surface area contributed by atoms with E-state index in [4.69, 9.17) is 0 Å². The molecule has 7 nitrogen and oxygen atoms in total. The lowest BCUT2D eigenvalue weighted by atomic mass is 10.0. The summed E-state index contributed by atoms with van der Waals surface area (Å²) in [5, 5.41) is 15.1. The van der Waals surface area contributed by atoms with Crippen molar-refractivity contribution in [1.29, 1.82) is 0 Å². The first kappa shape index (κ1) is 16.9. The van der Waals surface area contributed by atoms with E-state index in [2.05, 4.69) is 26.6 Å². The lowest BCUT2D eigenvalue weighted by Gasteiger charge is -2.35. The molecule has 3 rings (SSSR count). The summed E-state index contributed by atoms with van der Waals surface area (Å²) < 4.78 is 0.799. The van der Waals surface area contributed by atoms with Gasteiger partial charge in [-0.25, -0.2) is 0 Å². The zero-order valence-corrected chi connectivity index (χ0v) is 14.6. The van der Waals surface area contributed by atoms with E-state index in [1.807, 2.05) is 6.07 Å². The largest absolute Gasteiger partial charge is 0.391 e. The van der Waals surface area contributed by atoms with Crippen LogP contribution >= 0.6 is 15.9 Å². The zero-order valence-electron chi connectivity index (χ0n) is 13.0. The molecule has 128 valence electrons. The first-order chi connectivity index (χ1) is 11.4. The molecule has 1 aromatic rings. The molecule has 1 aromatic carbocycles. The zero-order chi connectivity index (χ0) is 17.4. The fourth-order valence-electron chi connectivity index (χ4n) is 3.15. The second-order valence-electron chi connectivity index (χ2n) is 6.15. The van der Waals surface area contributed by atoms with Gasteiger partial charge in [-0.2, -0.15) is 0 Å². The topological polar surface area (TPSA) is 98.7 Å². The average Bonchev–Trinajstić information content (AvgIpc) is 2.95. The van der Waals surface area contributed by atoms with E-state index >= 15 is 0 Å². The van der Waals surface area contributed by atoms with Crippen molar-refractivity contribution in [2.75, 3.05) is 6.54 Å². The molecule has 3 N–H and O–H groups in total. The van der Waals surface area contributed by atoms with Crippen LogP contribution in [0.3, 0.4) is 0 Å². The van der Waals surface area contributed by atoms with Gasteiger partial charge in [-0.05, 0) is 31.5 Å². The first-order valence-corrected chi connectivity index (χ1v) is 8.51. The first-order valence-electron chi connectivity index (χ1n) is 7.72. The monoisotopic (exact) mass is 395 g/mol. The molecule has 8 heteroatoms. The molecule has 2 saturated heterocycles. The van der Waals surface area contributed by atoms with Crippen LogP contribution in [0.5, 0.6) is 0 Å². The van der Waals surface area contributed by atoms with Crippen molar-refractivity contribution in [2.45, 2.75) is 37.6 Å². The van der Waals surface area contributed by atoms with Crippen LogP contribution in [0.2, 0.25) is 0 Å². The molecule has 0 spiro atoms. The molecule has 3 amide bonds. The van der Waals surface area contributed by atoms with Crippen LogP contribution in [-0.4, -0.2) is 58.5 Å². The fraction of sp³-hybridized carbons (Fsp3) is 0.438. The maximum atomic E-state index is 12.4. The van der Waals surface area contributed by atoms with E-state index in [1.54, 1.807) is 18.2 Å². The molecule has 2 heterocycles. The lowest BCUT2D eigenvalue weighted by Crippen LogP contribution is -2.64. The summed E-state index contributed by atoms with van der Waals surface area (Å²) in [5.41, 5.74) is 0.506. The number of aliphatic hydroxyl groups excluding tert-OH is 1. The van der Waals surface area contributed by atoms with E-state index < -0.39 is 18.2 Å². The van der Waals surface area contributed by atoms with Gasteiger partial charge in [-0.1, -0.05) is 22.0 Å². The third-order valence-electron chi connectivity index (χ3n) is 4.36. The molecule has 0 aliphatic carbocycles. The second kappa shape index (κ2) is 6.52. The number of halogens is 1. The highest BCUT2D eigenvalue weighted by Crippen LogP contribution is 2.24. The number of hydrogen-bond donors (Lipinski definition) is 3. The SMILES string of the molecule is C[C@H](O)[C@H]1NC(=O)[C@@H]2C[C@H](NC(=O)c3cccc(Br)c3)CN2C1=O. The van der Waals surface area contributed by atoms with Crippen molar-refractivity contribution in [3.8, 4) is 0 Å². The molecule has 0 saturated carbocycles. The molecule has 24 heavy (non-hydrogen) atoms. The van der Waals surface area contributed by atoms with Crippen molar-refractivity contribution >= 4 is 33.7 Å². The van der Waals surface area contributed by atoms with Gasteiger partial charge in [0.05, 0.1) is 6.10 Å². The van der Waals surface area contributed by atoms with Gasteiger partial charge in [-0.3, -0.25) is 14.4 Å². The molecule has 0 bridgehead atoms. The Labute approximate surface area is 147 Å². The molecular weight excluding hydrogens is 378 g/mol. The quantitative estimate of drug-likeness (QED) is 0.672. The molecule has 2 aliphatic rings. The number of amides is 3. The number of piperazine rings is 1. The smallest absolute Gasteiger partial charge is 0.251 e. The van der Waals surface area contributed by atoms with Gasteiger partial charge in [0.1, 0.15) is 12.1 Å². The van der Waals surface area contributed by atoms with E-state index in [-0.39, 0.29) is 30.3 Å². The Morgan fingerprint density at radius 2 is 2.21 bits per heavy atom. The Morgan fingerprint density at radius 1 is 1.46 bits per heavy atom. The minimum atomic E-state index is -0.960. The molecule has 0 unspecified atom stereocenters. The minimum absolute atomic E-state index is 0.249. The average molecular weight is 396 g/mol. The number of benzene rings is 1. The van der Waals surface area contributed by atoms with Crippen LogP contribution in [0.15, 0.2) is 28.7 Å².